The van der Waals surface area contributed by atoms with Crippen molar-refractivity contribution in [3.05, 3.63) is 177 Å². The maximum absolute atomic E-state index is 11.7. The van der Waals surface area contributed by atoms with Crippen molar-refractivity contribution in [3.8, 4) is 23.0 Å². The molecule has 3 N–H and O–H groups in total. The number of ether oxygens (including phenoxy) is 2. The van der Waals surface area contributed by atoms with Crippen LogP contribution in [-0.2, 0) is 25.9 Å². The third-order valence-corrected chi connectivity index (χ3v) is 7.32. The Morgan fingerprint density at radius 2 is 1.00 bits per heavy atom. The number of nitrogens with zero attached hydrogens (tertiary/aromatic N) is 3. The van der Waals surface area contributed by atoms with Gasteiger partial charge in [-0.15, -0.1) is 0 Å². The summed E-state index contributed by atoms with van der Waals surface area (Å²) in [5.41, 5.74) is -1.48. The second-order valence-corrected chi connectivity index (χ2v) is 11.0. The summed E-state index contributed by atoms with van der Waals surface area (Å²) < 4.78 is 13.8. The number of aromatic amines is 3. The van der Waals surface area contributed by atoms with Gasteiger partial charge in [0.1, 0.15) is 23.0 Å². The lowest BCUT2D eigenvalue weighted by atomic mass is 10.1. The minimum Gasteiger partial charge on any atom is -0.457 e. The predicted octanol–water partition coefficient (Wildman–Crippen LogP) is 3.99. The summed E-state index contributed by atoms with van der Waals surface area (Å²) in [5, 5.41) is 6.15. The van der Waals surface area contributed by atoms with E-state index < -0.39 is 28.1 Å². The molecule has 0 aliphatic heterocycles. The highest BCUT2D eigenvalue weighted by Crippen LogP contribution is 2.22. The summed E-state index contributed by atoms with van der Waals surface area (Å²) in [6, 6.07) is 34.0. The minimum atomic E-state index is -0.946. The smallest absolute Gasteiger partial charge is 0.344 e. The Hall–Kier alpha value is -6.02. The summed E-state index contributed by atoms with van der Waals surface area (Å²) in [5.74, 6) is 2.98. The van der Waals surface area contributed by atoms with Crippen LogP contribution in [0.2, 0.25) is 0 Å². The quantitative estimate of drug-likeness (QED) is 0.179. The Balaban J connectivity index is 0.000000188. The van der Waals surface area contributed by atoms with E-state index in [1.807, 2.05) is 114 Å². The molecule has 0 fully saturated rings. The molecule has 0 spiro atoms. The molecule has 0 radical (unpaired) electrons. The number of hydrogen-bond acceptors (Lipinski definition) is 8. The molecule has 48 heavy (non-hydrogen) atoms. The fraction of sp³-hybridized carbons (Fsp3) is 0.118. The van der Waals surface area contributed by atoms with Crippen molar-refractivity contribution in [1.29, 1.82) is 0 Å². The van der Waals surface area contributed by atoms with Gasteiger partial charge in [0.15, 0.2) is 4.60 Å². The molecule has 2 aromatic heterocycles. The molecule has 244 valence electrons. The number of H-pyrrole nitrogens is 3. The molecule has 0 unspecified atom stereocenters. The van der Waals surface area contributed by atoms with Crippen molar-refractivity contribution in [2.75, 3.05) is 0 Å². The fourth-order valence-electron chi connectivity index (χ4n) is 4.34. The molecule has 2 heterocycles. The van der Waals surface area contributed by atoms with Crippen molar-refractivity contribution < 1.29 is 9.47 Å². The van der Waals surface area contributed by atoms with Crippen LogP contribution in [0.25, 0.3) is 0 Å². The Labute approximate surface area is 280 Å². The summed E-state index contributed by atoms with van der Waals surface area (Å²) in [7, 11) is 0. The molecule has 0 bridgehead atoms. The Morgan fingerprint density at radius 3 is 1.52 bits per heavy atom. The van der Waals surface area contributed by atoms with Crippen LogP contribution in [0, 0.1) is 0 Å². The minimum absolute atomic E-state index is 0.0914. The topological polar surface area (TPSA) is 174 Å². The summed E-state index contributed by atoms with van der Waals surface area (Å²) in [4.78, 5) is 61.0. The lowest BCUT2D eigenvalue weighted by Crippen LogP contribution is -2.43. The van der Waals surface area contributed by atoms with Gasteiger partial charge in [-0.05, 0) is 88.4 Å². The SMILES string of the molecule is O=c1[nH]c(=O)n(CCc2ccc(Oc3ccccc3)cc2)[nH]c1=O.O=c1[nH]c(=O)n(CCc2ccc(Oc3ccccc3)cc2)nc1Br. The van der Waals surface area contributed by atoms with Crippen LogP contribution in [0.15, 0.2) is 138 Å². The first kappa shape index (κ1) is 33.3. The maximum atomic E-state index is 11.7. The van der Waals surface area contributed by atoms with E-state index in [2.05, 4.69) is 31.1 Å². The van der Waals surface area contributed by atoms with Gasteiger partial charge in [-0.3, -0.25) is 29.5 Å². The van der Waals surface area contributed by atoms with Crippen molar-refractivity contribution in [2.24, 2.45) is 0 Å². The second-order valence-electron chi connectivity index (χ2n) is 10.2. The Morgan fingerprint density at radius 1 is 0.542 bits per heavy atom. The van der Waals surface area contributed by atoms with E-state index in [1.165, 1.54) is 4.68 Å². The first-order chi connectivity index (χ1) is 23.2. The van der Waals surface area contributed by atoms with Crippen LogP contribution in [0.4, 0.5) is 0 Å². The van der Waals surface area contributed by atoms with E-state index in [4.69, 9.17) is 9.47 Å². The molecule has 0 aliphatic rings. The molecule has 4 aromatic carbocycles. The van der Waals surface area contributed by atoms with Crippen LogP contribution >= 0.6 is 15.9 Å². The van der Waals surface area contributed by atoms with Crippen LogP contribution in [0.5, 0.6) is 23.0 Å². The van der Waals surface area contributed by atoms with E-state index in [0.717, 1.165) is 33.1 Å². The molecule has 0 saturated heterocycles. The van der Waals surface area contributed by atoms with Gasteiger partial charge in [0.25, 0.3) is 5.56 Å². The first-order valence-corrected chi connectivity index (χ1v) is 15.5. The highest BCUT2D eigenvalue weighted by molar-refractivity contribution is 9.10. The van der Waals surface area contributed by atoms with Gasteiger partial charge in [0, 0.05) is 6.54 Å². The van der Waals surface area contributed by atoms with Crippen LogP contribution in [0.1, 0.15) is 11.1 Å². The van der Waals surface area contributed by atoms with E-state index in [9.17, 15) is 24.0 Å². The Bertz CT molecular complexity index is 2240. The van der Waals surface area contributed by atoms with Gasteiger partial charge < -0.3 is 9.47 Å². The molecule has 6 aromatic rings. The van der Waals surface area contributed by atoms with E-state index in [1.54, 1.807) is 0 Å². The van der Waals surface area contributed by atoms with E-state index in [0.29, 0.717) is 25.1 Å². The van der Waals surface area contributed by atoms with E-state index in [-0.39, 0.29) is 11.1 Å². The Kier molecular flexibility index (Phi) is 11.1. The van der Waals surface area contributed by atoms with Crippen molar-refractivity contribution in [2.45, 2.75) is 25.9 Å². The lowest BCUT2D eigenvalue weighted by molar-refractivity contribution is 0.482. The zero-order valence-electron chi connectivity index (χ0n) is 25.3. The monoisotopic (exact) mass is 712 g/mol. The molecule has 0 aliphatic carbocycles. The zero-order valence-corrected chi connectivity index (χ0v) is 26.9. The number of benzene rings is 4. The van der Waals surface area contributed by atoms with Crippen LogP contribution in [0.3, 0.4) is 0 Å². The number of hydrogen-bond donors (Lipinski definition) is 3. The molecule has 0 amide bonds. The van der Waals surface area contributed by atoms with Gasteiger partial charge in [0.05, 0.1) is 6.54 Å². The van der Waals surface area contributed by atoms with Gasteiger partial charge in [0.2, 0.25) is 0 Å². The summed E-state index contributed by atoms with van der Waals surface area (Å²) in [6.07, 6.45) is 1.13. The molecule has 0 saturated carbocycles. The number of aryl methyl sites for hydroxylation is 4. The van der Waals surface area contributed by atoms with Crippen molar-refractivity contribution in [1.82, 2.24) is 29.5 Å². The number of nitrogens with one attached hydrogen (secondary N) is 3. The highest BCUT2D eigenvalue weighted by Gasteiger charge is 2.05. The van der Waals surface area contributed by atoms with Gasteiger partial charge in [-0.2, -0.15) is 5.10 Å². The number of aromatic nitrogens is 6. The number of para-hydroxylation sites is 2. The van der Waals surface area contributed by atoms with E-state index >= 15 is 0 Å². The fourth-order valence-corrected chi connectivity index (χ4v) is 4.63. The normalized spacial score (nSPS) is 10.5. The van der Waals surface area contributed by atoms with Gasteiger partial charge >= 0.3 is 22.5 Å². The molecule has 14 heteroatoms. The maximum Gasteiger partial charge on any atom is 0.344 e. The second kappa shape index (κ2) is 16.0. The van der Waals surface area contributed by atoms with Gasteiger partial charge in [-0.25, -0.2) is 19.0 Å². The third kappa shape index (κ3) is 9.50. The van der Waals surface area contributed by atoms with Crippen LogP contribution < -0.4 is 37.5 Å². The molecule has 13 nitrogen and oxygen atoms in total. The lowest BCUT2D eigenvalue weighted by Gasteiger charge is -2.07. The number of halogens is 1. The standard InChI is InChI=1S/C17H14BrN3O3.C17H15N3O4/c18-15-16(22)19-17(23)21(20-15)11-10-12-6-8-14(9-7-12)24-13-4-2-1-3-5-13;21-15-16(22)19-20(17(23)18-15)11-10-12-6-8-14(9-7-12)24-13-4-2-1-3-5-13/h1-9H,10-11H2,(H,19,22,23);1-9H,10-11H2,(H,19,22)(H,18,21,23). The molecule has 0 atom stereocenters. The van der Waals surface area contributed by atoms with Crippen molar-refractivity contribution in [3.63, 3.8) is 0 Å². The molecule has 6 rings (SSSR count). The highest BCUT2D eigenvalue weighted by atomic mass is 79.9. The largest absolute Gasteiger partial charge is 0.457 e. The molecular formula is C34H29BrN6O7. The zero-order chi connectivity index (χ0) is 33.9. The summed E-state index contributed by atoms with van der Waals surface area (Å²) in [6.45, 7) is 0.622. The van der Waals surface area contributed by atoms with Crippen molar-refractivity contribution >= 4 is 15.9 Å². The van der Waals surface area contributed by atoms with Crippen LogP contribution in [-0.4, -0.2) is 29.5 Å². The third-order valence-electron chi connectivity index (χ3n) is 6.80. The number of rotatable bonds is 10. The average Bonchev–Trinajstić information content (AvgIpc) is 3.09. The first-order valence-electron chi connectivity index (χ1n) is 14.7. The van der Waals surface area contributed by atoms with Gasteiger partial charge in [-0.1, -0.05) is 60.7 Å². The summed E-state index contributed by atoms with van der Waals surface area (Å²) >= 11 is 3.02. The predicted molar refractivity (Wildman–Crippen MR) is 182 cm³/mol. The average molecular weight is 714 g/mol. The molecular weight excluding hydrogens is 684 g/mol.